The SMILES string of the molecule is CCNc1ncccc1CN1CCNC(=O)C1(C)C. The largest absolute Gasteiger partial charge is 0.370 e. The zero-order chi connectivity index (χ0) is 13.9. The fraction of sp³-hybridized carbons (Fsp3) is 0.571. The summed E-state index contributed by atoms with van der Waals surface area (Å²) in [5.74, 6) is 0.999. The molecule has 0 spiro atoms. The molecule has 1 fully saturated rings. The van der Waals surface area contributed by atoms with Crippen LogP contribution in [0.2, 0.25) is 0 Å². The number of carbonyl (C=O) groups is 1. The van der Waals surface area contributed by atoms with E-state index in [1.165, 1.54) is 0 Å². The summed E-state index contributed by atoms with van der Waals surface area (Å²) in [5, 5.41) is 6.18. The van der Waals surface area contributed by atoms with Crippen molar-refractivity contribution in [2.45, 2.75) is 32.9 Å². The van der Waals surface area contributed by atoms with Crippen LogP contribution in [0.5, 0.6) is 0 Å². The Labute approximate surface area is 114 Å². The molecule has 2 N–H and O–H groups in total. The number of carbonyl (C=O) groups excluding carboxylic acids is 1. The van der Waals surface area contributed by atoms with Crippen LogP contribution in [0.25, 0.3) is 0 Å². The molecule has 1 aliphatic rings. The summed E-state index contributed by atoms with van der Waals surface area (Å²) in [6.45, 7) is 9.12. The first-order valence-corrected chi connectivity index (χ1v) is 6.77. The van der Waals surface area contributed by atoms with E-state index >= 15 is 0 Å². The minimum absolute atomic E-state index is 0.0904. The van der Waals surface area contributed by atoms with Crippen LogP contribution in [0, 0.1) is 0 Å². The molecular formula is C14H22N4O. The third-order valence-electron chi connectivity index (χ3n) is 3.61. The van der Waals surface area contributed by atoms with Gasteiger partial charge in [-0.05, 0) is 26.8 Å². The minimum atomic E-state index is -0.475. The molecule has 2 heterocycles. The summed E-state index contributed by atoms with van der Waals surface area (Å²) in [7, 11) is 0. The Balaban J connectivity index is 2.18. The van der Waals surface area contributed by atoms with E-state index in [9.17, 15) is 4.79 Å². The summed E-state index contributed by atoms with van der Waals surface area (Å²) in [4.78, 5) is 18.5. The van der Waals surface area contributed by atoms with Crippen LogP contribution in [-0.2, 0) is 11.3 Å². The van der Waals surface area contributed by atoms with Crippen molar-refractivity contribution in [3.63, 3.8) is 0 Å². The van der Waals surface area contributed by atoms with Gasteiger partial charge in [0.15, 0.2) is 0 Å². The molecule has 1 amide bonds. The average Bonchev–Trinajstić information content (AvgIpc) is 2.38. The van der Waals surface area contributed by atoms with Crippen LogP contribution in [0.15, 0.2) is 18.3 Å². The lowest BCUT2D eigenvalue weighted by molar-refractivity contribution is -0.135. The smallest absolute Gasteiger partial charge is 0.240 e. The molecule has 1 saturated heterocycles. The number of amides is 1. The van der Waals surface area contributed by atoms with Crippen LogP contribution in [0.1, 0.15) is 26.3 Å². The topological polar surface area (TPSA) is 57.3 Å². The Morgan fingerprint density at radius 2 is 2.32 bits per heavy atom. The van der Waals surface area contributed by atoms with Gasteiger partial charge in [-0.1, -0.05) is 6.07 Å². The van der Waals surface area contributed by atoms with E-state index in [0.717, 1.165) is 31.0 Å². The van der Waals surface area contributed by atoms with Gasteiger partial charge in [0.1, 0.15) is 5.82 Å². The highest BCUT2D eigenvalue weighted by Crippen LogP contribution is 2.23. The Morgan fingerprint density at radius 1 is 1.53 bits per heavy atom. The number of nitrogens with zero attached hydrogens (tertiary/aromatic N) is 2. The zero-order valence-corrected chi connectivity index (χ0v) is 11.9. The predicted molar refractivity (Wildman–Crippen MR) is 75.9 cm³/mol. The van der Waals surface area contributed by atoms with Crippen molar-refractivity contribution in [1.29, 1.82) is 0 Å². The second-order valence-corrected chi connectivity index (χ2v) is 5.28. The average molecular weight is 262 g/mol. The van der Waals surface area contributed by atoms with Crippen molar-refractivity contribution in [2.24, 2.45) is 0 Å². The minimum Gasteiger partial charge on any atom is -0.370 e. The lowest BCUT2D eigenvalue weighted by Crippen LogP contribution is -2.61. The number of pyridine rings is 1. The van der Waals surface area contributed by atoms with Crippen LogP contribution < -0.4 is 10.6 Å². The summed E-state index contributed by atoms with van der Waals surface area (Å²) < 4.78 is 0. The third kappa shape index (κ3) is 2.87. The highest BCUT2D eigenvalue weighted by molar-refractivity contribution is 5.86. The quantitative estimate of drug-likeness (QED) is 0.857. The molecule has 1 aliphatic heterocycles. The molecule has 2 rings (SSSR count). The molecule has 0 unspecified atom stereocenters. The Bertz CT molecular complexity index is 459. The molecule has 5 heteroatoms. The molecule has 0 atom stereocenters. The maximum absolute atomic E-state index is 11.9. The maximum atomic E-state index is 11.9. The second kappa shape index (κ2) is 5.57. The van der Waals surface area contributed by atoms with Gasteiger partial charge in [0, 0.05) is 37.9 Å². The molecule has 0 saturated carbocycles. The Kier molecular flexibility index (Phi) is 4.04. The van der Waals surface area contributed by atoms with E-state index in [4.69, 9.17) is 0 Å². The first-order chi connectivity index (χ1) is 9.05. The standard InChI is InChI=1S/C14H22N4O/c1-4-15-12-11(6-5-7-16-12)10-18-9-8-17-13(19)14(18,2)3/h5-7H,4,8-10H2,1-3H3,(H,15,16)(H,17,19). The normalized spacial score (nSPS) is 19.0. The third-order valence-corrected chi connectivity index (χ3v) is 3.61. The monoisotopic (exact) mass is 262 g/mol. The highest BCUT2D eigenvalue weighted by Gasteiger charge is 2.37. The highest BCUT2D eigenvalue weighted by atomic mass is 16.2. The van der Waals surface area contributed by atoms with Crippen LogP contribution in [-0.4, -0.2) is 41.0 Å². The van der Waals surface area contributed by atoms with Crippen LogP contribution in [0.4, 0.5) is 5.82 Å². The van der Waals surface area contributed by atoms with Crippen molar-refractivity contribution in [3.05, 3.63) is 23.9 Å². The molecule has 19 heavy (non-hydrogen) atoms. The van der Waals surface area contributed by atoms with Crippen molar-refractivity contribution >= 4 is 11.7 Å². The molecule has 1 aromatic heterocycles. The molecular weight excluding hydrogens is 240 g/mol. The summed E-state index contributed by atoms with van der Waals surface area (Å²) in [6, 6.07) is 4.00. The number of hydrogen-bond donors (Lipinski definition) is 2. The Hall–Kier alpha value is -1.62. The molecule has 5 nitrogen and oxygen atoms in total. The summed E-state index contributed by atoms with van der Waals surface area (Å²) >= 11 is 0. The van der Waals surface area contributed by atoms with E-state index < -0.39 is 5.54 Å². The Morgan fingerprint density at radius 3 is 3.05 bits per heavy atom. The first-order valence-electron chi connectivity index (χ1n) is 6.77. The number of nitrogens with one attached hydrogen (secondary N) is 2. The number of rotatable bonds is 4. The van der Waals surface area contributed by atoms with E-state index in [1.54, 1.807) is 6.20 Å². The lowest BCUT2D eigenvalue weighted by atomic mass is 9.98. The molecule has 1 aromatic rings. The van der Waals surface area contributed by atoms with Crippen molar-refractivity contribution < 1.29 is 4.79 Å². The van der Waals surface area contributed by atoms with Gasteiger partial charge in [-0.25, -0.2) is 4.98 Å². The molecule has 0 bridgehead atoms. The van der Waals surface area contributed by atoms with Gasteiger partial charge >= 0.3 is 0 Å². The second-order valence-electron chi connectivity index (χ2n) is 5.28. The van der Waals surface area contributed by atoms with Crippen molar-refractivity contribution in [2.75, 3.05) is 25.0 Å². The van der Waals surface area contributed by atoms with Crippen molar-refractivity contribution in [3.8, 4) is 0 Å². The van der Waals surface area contributed by atoms with Gasteiger partial charge in [0.2, 0.25) is 5.91 Å². The maximum Gasteiger partial charge on any atom is 0.240 e. The van der Waals surface area contributed by atoms with E-state index in [1.807, 2.05) is 19.9 Å². The zero-order valence-electron chi connectivity index (χ0n) is 11.9. The number of hydrogen-bond acceptors (Lipinski definition) is 4. The number of piperazine rings is 1. The number of aromatic nitrogens is 1. The predicted octanol–water partition coefficient (Wildman–Crippen LogP) is 1.22. The molecule has 0 radical (unpaired) electrons. The fourth-order valence-electron chi connectivity index (χ4n) is 2.32. The fourth-order valence-corrected chi connectivity index (χ4v) is 2.32. The van der Waals surface area contributed by atoms with Gasteiger partial charge in [-0.3, -0.25) is 9.69 Å². The summed E-state index contributed by atoms with van der Waals surface area (Å²) in [5.41, 5.74) is 0.657. The van der Waals surface area contributed by atoms with E-state index in [2.05, 4.69) is 33.5 Å². The van der Waals surface area contributed by atoms with Gasteiger partial charge in [0.05, 0.1) is 5.54 Å². The number of anilines is 1. The van der Waals surface area contributed by atoms with Gasteiger partial charge in [-0.2, -0.15) is 0 Å². The van der Waals surface area contributed by atoms with Gasteiger partial charge in [0.25, 0.3) is 0 Å². The van der Waals surface area contributed by atoms with Gasteiger partial charge < -0.3 is 10.6 Å². The van der Waals surface area contributed by atoms with E-state index in [-0.39, 0.29) is 5.91 Å². The molecule has 104 valence electrons. The van der Waals surface area contributed by atoms with Crippen LogP contribution in [0.3, 0.4) is 0 Å². The molecule has 0 aliphatic carbocycles. The lowest BCUT2D eigenvalue weighted by Gasteiger charge is -2.41. The van der Waals surface area contributed by atoms with Crippen LogP contribution >= 0.6 is 0 Å². The molecule has 0 aromatic carbocycles. The van der Waals surface area contributed by atoms with E-state index in [0.29, 0.717) is 6.54 Å². The van der Waals surface area contributed by atoms with Gasteiger partial charge in [-0.15, -0.1) is 0 Å². The van der Waals surface area contributed by atoms with Crippen molar-refractivity contribution in [1.82, 2.24) is 15.2 Å². The summed E-state index contributed by atoms with van der Waals surface area (Å²) in [6.07, 6.45) is 1.79. The first kappa shape index (κ1) is 13.8.